The molecule has 0 spiro atoms. The van der Waals surface area contributed by atoms with Gasteiger partial charge in [-0.15, -0.1) is 0 Å². The van der Waals surface area contributed by atoms with Gasteiger partial charge in [-0.1, -0.05) is 58.0 Å². The lowest BCUT2D eigenvalue weighted by atomic mass is 9.63. The molecule has 0 saturated carbocycles. The molecule has 0 aliphatic heterocycles. The van der Waals surface area contributed by atoms with Gasteiger partial charge < -0.3 is 5.11 Å². The number of hydrogen-bond donors (Lipinski definition) is 1. The average Bonchev–Trinajstić information content (AvgIpc) is 2.63. The lowest BCUT2D eigenvalue weighted by Crippen LogP contribution is -2.34. The molecule has 0 saturated heterocycles. The zero-order valence-corrected chi connectivity index (χ0v) is 16.4. The first-order valence-corrected chi connectivity index (χ1v) is 9.31. The van der Waals surface area contributed by atoms with Crippen LogP contribution >= 0.6 is 0 Å². The van der Waals surface area contributed by atoms with Crippen molar-refractivity contribution in [3.8, 4) is 0 Å². The van der Waals surface area contributed by atoms with Crippen LogP contribution in [-0.4, -0.2) is 16.9 Å². The molecule has 0 fully saturated rings. The minimum absolute atomic E-state index is 0.0393. The van der Waals surface area contributed by atoms with E-state index in [0.717, 1.165) is 18.9 Å². The predicted molar refractivity (Wildman–Crippen MR) is 108 cm³/mol. The van der Waals surface area contributed by atoms with Gasteiger partial charge >= 0.3 is 5.97 Å². The Hall–Kier alpha value is -2.68. The highest BCUT2D eigenvalue weighted by molar-refractivity contribution is 6.09. The van der Waals surface area contributed by atoms with Crippen LogP contribution < -0.4 is 0 Å². The Morgan fingerprint density at radius 2 is 1.52 bits per heavy atom. The van der Waals surface area contributed by atoms with Crippen molar-refractivity contribution in [3.05, 3.63) is 76.4 Å². The summed E-state index contributed by atoms with van der Waals surface area (Å²) in [7, 11) is 0. The number of hydrogen-bond acceptors (Lipinski definition) is 2. The molecule has 1 N–H and O–H groups in total. The van der Waals surface area contributed by atoms with Gasteiger partial charge in [0.05, 0.1) is 0 Å². The van der Waals surface area contributed by atoms with E-state index in [1.165, 1.54) is 17.2 Å². The summed E-state index contributed by atoms with van der Waals surface area (Å²) >= 11 is 0. The van der Waals surface area contributed by atoms with Crippen molar-refractivity contribution in [2.24, 2.45) is 0 Å². The van der Waals surface area contributed by atoms with E-state index in [1.54, 1.807) is 24.3 Å². The Labute approximate surface area is 160 Å². The summed E-state index contributed by atoms with van der Waals surface area (Å²) in [6.45, 7) is 9.01. The molecule has 0 heterocycles. The van der Waals surface area contributed by atoms with Crippen molar-refractivity contribution in [1.29, 1.82) is 0 Å². The monoisotopic (exact) mass is 362 g/mol. The lowest BCUT2D eigenvalue weighted by molar-refractivity contribution is -0.131. The molecule has 0 atom stereocenters. The smallest absolute Gasteiger partial charge is 0.328 e. The van der Waals surface area contributed by atoms with Crippen LogP contribution in [0.1, 0.15) is 73.1 Å². The molecule has 3 rings (SSSR count). The molecule has 3 heteroatoms. The minimum atomic E-state index is -1.01. The van der Waals surface area contributed by atoms with Gasteiger partial charge in [0.2, 0.25) is 0 Å². The van der Waals surface area contributed by atoms with Crippen molar-refractivity contribution in [3.63, 3.8) is 0 Å². The van der Waals surface area contributed by atoms with Crippen LogP contribution in [0.5, 0.6) is 0 Å². The van der Waals surface area contributed by atoms with Crippen molar-refractivity contribution >= 4 is 17.8 Å². The van der Waals surface area contributed by atoms with Crippen LogP contribution in [-0.2, 0) is 15.6 Å². The van der Waals surface area contributed by atoms with Crippen LogP contribution in [0.4, 0.5) is 0 Å². The molecule has 0 aromatic heterocycles. The highest BCUT2D eigenvalue weighted by atomic mass is 16.4. The quantitative estimate of drug-likeness (QED) is 0.588. The van der Waals surface area contributed by atoms with Gasteiger partial charge in [-0.25, -0.2) is 4.79 Å². The normalized spacial score (nSPS) is 17.5. The van der Waals surface area contributed by atoms with Crippen molar-refractivity contribution in [2.75, 3.05) is 0 Å². The molecule has 1 aliphatic carbocycles. The molecule has 1 aliphatic rings. The largest absolute Gasteiger partial charge is 0.478 e. The number of fused-ring (bicyclic) bond motifs is 1. The van der Waals surface area contributed by atoms with E-state index in [4.69, 9.17) is 5.11 Å². The fourth-order valence-electron chi connectivity index (χ4n) is 3.85. The summed E-state index contributed by atoms with van der Waals surface area (Å²) < 4.78 is 0. The Morgan fingerprint density at radius 3 is 2.19 bits per heavy atom. The van der Waals surface area contributed by atoms with Crippen LogP contribution in [0, 0.1) is 0 Å². The lowest BCUT2D eigenvalue weighted by Gasteiger charge is -2.42. The number of carboxylic acids is 1. The maximum Gasteiger partial charge on any atom is 0.328 e. The maximum absolute atomic E-state index is 13.1. The first-order valence-electron chi connectivity index (χ1n) is 9.31. The van der Waals surface area contributed by atoms with E-state index in [9.17, 15) is 9.59 Å². The summed E-state index contributed by atoms with van der Waals surface area (Å²) in [6.07, 6.45) is 4.81. The molecular formula is C24H26O3. The highest BCUT2D eigenvalue weighted by Crippen LogP contribution is 2.46. The van der Waals surface area contributed by atoms with Gasteiger partial charge in [-0.3, -0.25) is 4.79 Å². The Balaban J connectivity index is 2.00. The van der Waals surface area contributed by atoms with Crippen LogP contribution in [0.25, 0.3) is 6.08 Å². The van der Waals surface area contributed by atoms with Gasteiger partial charge in [0.15, 0.2) is 5.78 Å². The standard InChI is InChI=1S/C24H26O3/c1-23(2)12-13-24(3,4)20-15-18(9-10-19(20)23)22(27)17-7-5-6-16(14-17)8-11-21(25)26/h5-11,14-15H,12-13H2,1-4H3,(H,25,26)/b11-8+. The molecule has 0 radical (unpaired) electrons. The number of carboxylic acid groups (broad SMARTS) is 1. The molecule has 0 unspecified atom stereocenters. The Bertz CT molecular complexity index is 932. The Morgan fingerprint density at radius 1 is 0.889 bits per heavy atom. The zero-order valence-electron chi connectivity index (χ0n) is 16.4. The number of ketones is 1. The fourth-order valence-corrected chi connectivity index (χ4v) is 3.85. The highest BCUT2D eigenvalue weighted by Gasteiger charge is 2.37. The van der Waals surface area contributed by atoms with Crippen molar-refractivity contribution in [2.45, 2.75) is 51.4 Å². The molecule has 0 bridgehead atoms. The molecule has 3 nitrogen and oxygen atoms in total. The number of carbonyl (C=O) groups is 2. The van der Waals surface area contributed by atoms with Gasteiger partial charge in [-0.05, 0) is 58.6 Å². The van der Waals surface area contributed by atoms with E-state index >= 15 is 0 Å². The fraction of sp³-hybridized carbons (Fsp3) is 0.333. The van der Waals surface area contributed by atoms with E-state index in [2.05, 4.69) is 39.8 Å². The summed E-state index contributed by atoms with van der Waals surface area (Å²) in [4.78, 5) is 23.8. The van der Waals surface area contributed by atoms with E-state index in [-0.39, 0.29) is 16.6 Å². The third-order valence-corrected chi connectivity index (χ3v) is 5.68. The van der Waals surface area contributed by atoms with Crippen molar-refractivity contribution in [1.82, 2.24) is 0 Å². The summed E-state index contributed by atoms with van der Waals surface area (Å²) in [5, 5.41) is 8.78. The third kappa shape index (κ3) is 3.87. The third-order valence-electron chi connectivity index (χ3n) is 5.68. The summed E-state index contributed by atoms with van der Waals surface area (Å²) in [6, 6.07) is 13.2. The first kappa shape index (κ1) is 19.1. The topological polar surface area (TPSA) is 54.4 Å². The van der Waals surface area contributed by atoms with E-state index in [0.29, 0.717) is 16.7 Å². The average molecular weight is 362 g/mol. The van der Waals surface area contributed by atoms with Crippen LogP contribution in [0.15, 0.2) is 48.5 Å². The van der Waals surface area contributed by atoms with Crippen LogP contribution in [0.3, 0.4) is 0 Å². The summed E-state index contributed by atoms with van der Waals surface area (Å²) in [5.41, 5.74) is 4.69. The second-order valence-electron chi connectivity index (χ2n) is 8.65. The van der Waals surface area contributed by atoms with Gasteiger partial charge in [0, 0.05) is 17.2 Å². The SMILES string of the molecule is CC1(C)CCC(C)(C)c2cc(C(=O)c3cccc(/C=C/C(=O)O)c3)ccc21. The molecule has 2 aromatic carbocycles. The number of rotatable bonds is 4. The summed E-state index contributed by atoms with van der Waals surface area (Å²) in [5.74, 6) is -1.05. The van der Waals surface area contributed by atoms with Crippen LogP contribution in [0.2, 0.25) is 0 Å². The maximum atomic E-state index is 13.1. The van der Waals surface area contributed by atoms with Gasteiger partial charge in [0.1, 0.15) is 0 Å². The Kier molecular flexibility index (Phi) is 4.81. The predicted octanol–water partition coefficient (Wildman–Crippen LogP) is 5.36. The molecule has 140 valence electrons. The van der Waals surface area contributed by atoms with Gasteiger partial charge in [0.25, 0.3) is 0 Å². The van der Waals surface area contributed by atoms with E-state index in [1.807, 2.05) is 6.07 Å². The molecular weight excluding hydrogens is 336 g/mol. The second-order valence-corrected chi connectivity index (χ2v) is 8.65. The van der Waals surface area contributed by atoms with E-state index < -0.39 is 5.97 Å². The number of carbonyl (C=O) groups excluding carboxylic acids is 1. The number of benzene rings is 2. The minimum Gasteiger partial charge on any atom is -0.478 e. The molecule has 27 heavy (non-hydrogen) atoms. The number of aliphatic carboxylic acids is 1. The first-order chi connectivity index (χ1) is 12.6. The van der Waals surface area contributed by atoms with Gasteiger partial charge in [-0.2, -0.15) is 0 Å². The zero-order chi connectivity index (χ0) is 19.8. The molecule has 0 amide bonds. The second kappa shape index (κ2) is 6.80. The molecule has 2 aromatic rings. The van der Waals surface area contributed by atoms with Crippen molar-refractivity contribution < 1.29 is 14.7 Å².